The second-order valence-electron chi connectivity index (χ2n) is 4.41. The second-order valence-corrected chi connectivity index (χ2v) is 4.41. The van der Waals surface area contributed by atoms with Crippen LogP contribution in [0.1, 0.15) is 22.3 Å². The average molecular weight is 264 g/mol. The fraction of sp³-hybridized carbons (Fsp3) is 0.385. The molecule has 0 spiro atoms. The van der Waals surface area contributed by atoms with E-state index in [0.717, 1.165) is 30.6 Å². The van der Waals surface area contributed by atoms with Gasteiger partial charge >= 0.3 is 5.97 Å². The molecule has 102 valence electrons. The Labute approximate surface area is 110 Å². The van der Waals surface area contributed by atoms with Crippen LogP contribution in [-0.4, -0.2) is 41.3 Å². The van der Waals surface area contributed by atoms with Gasteiger partial charge in [0.25, 0.3) is 5.91 Å². The number of hydrogen-bond acceptors (Lipinski definition) is 4. The maximum atomic E-state index is 12.1. The van der Waals surface area contributed by atoms with Crippen molar-refractivity contribution in [2.75, 3.05) is 18.5 Å². The first kappa shape index (κ1) is 13.4. The maximum absolute atomic E-state index is 12.1. The number of aliphatic carboxylic acids is 1. The van der Waals surface area contributed by atoms with Crippen LogP contribution in [-0.2, 0) is 11.2 Å². The van der Waals surface area contributed by atoms with Crippen LogP contribution in [0.3, 0.4) is 0 Å². The van der Waals surface area contributed by atoms with Gasteiger partial charge in [-0.15, -0.1) is 0 Å². The van der Waals surface area contributed by atoms with E-state index in [-0.39, 0.29) is 0 Å². The minimum atomic E-state index is -1.28. The van der Waals surface area contributed by atoms with Crippen molar-refractivity contribution >= 4 is 17.6 Å². The van der Waals surface area contributed by atoms with Gasteiger partial charge in [0.05, 0.1) is 6.61 Å². The molecule has 0 fully saturated rings. The van der Waals surface area contributed by atoms with Gasteiger partial charge in [0.2, 0.25) is 0 Å². The van der Waals surface area contributed by atoms with Gasteiger partial charge in [-0.25, -0.2) is 4.79 Å². The highest BCUT2D eigenvalue weighted by Gasteiger charge is 2.22. The molecule has 4 N–H and O–H groups in total. The van der Waals surface area contributed by atoms with Crippen LogP contribution < -0.4 is 10.6 Å². The number of carboxylic acid groups (broad SMARTS) is 1. The van der Waals surface area contributed by atoms with Gasteiger partial charge in [-0.05, 0) is 30.5 Å². The molecule has 0 aromatic heterocycles. The quantitative estimate of drug-likeness (QED) is 0.623. The summed E-state index contributed by atoms with van der Waals surface area (Å²) in [6, 6.07) is 4.03. The van der Waals surface area contributed by atoms with E-state index in [4.69, 9.17) is 10.2 Å². The highest BCUT2D eigenvalue weighted by Crippen LogP contribution is 2.25. The Morgan fingerprint density at radius 3 is 2.89 bits per heavy atom. The van der Waals surface area contributed by atoms with Crippen molar-refractivity contribution in [2.45, 2.75) is 18.9 Å². The number of aliphatic hydroxyl groups is 1. The number of amides is 1. The molecule has 1 aliphatic heterocycles. The van der Waals surface area contributed by atoms with Crippen molar-refractivity contribution in [2.24, 2.45) is 0 Å². The molecule has 1 atom stereocenters. The largest absolute Gasteiger partial charge is 0.480 e. The molecular weight excluding hydrogens is 248 g/mol. The first-order chi connectivity index (χ1) is 9.13. The van der Waals surface area contributed by atoms with Gasteiger partial charge in [0.15, 0.2) is 6.04 Å². The van der Waals surface area contributed by atoms with E-state index in [1.165, 1.54) is 0 Å². The van der Waals surface area contributed by atoms with Crippen molar-refractivity contribution < 1.29 is 19.8 Å². The zero-order valence-electron chi connectivity index (χ0n) is 10.3. The SMILES string of the molecule is O=C(N[C@@H](CO)C(=O)O)c1cccc2c1CCCN2. The maximum Gasteiger partial charge on any atom is 0.328 e. The number of nitrogens with one attached hydrogen (secondary N) is 2. The Bertz CT molecular complexity index is 501. The topological polar surface area (TPSA) is 98.7 Å². The molecule has 0 saturated heterocycles. The third-order valence-corrected chi connectivity index (χ3v) is 3.13. The summed E-state index contributed by atoms with van der Waals surface area (Å²) >= 11 is 0. The summed E-state index contributed by atoms with van der Waals surface area (Å²) in [5, 5.41) is 23.3. The lowest BCUT2D eigenvalue weighted by molar-refractivity contribution is -0.140. The van der Waals surface area contributed by atoms with Crippen molar-refractivity contribution in [1.29, 1.82) is 0 Å². The van der Waals surface area contributed by atoms with E-state index in [9.17, 15) is 9.59 Å². The Hall–Kier alpha value is -2.08. The van der Waals surface area contributed by atoms with Crippen LogP contribution in [0.15, 0.2) is 18.2 Å². The molecule has 0 radical (unpaired) electrons. The van der Waals surface area contributed by atoms with Crippen molar-refractivity contribution in [3.8, 4) is 0 Å². The van der Waals surface area contributed by atoms with E-state index < -0.39 is 24.5 Å². The molecule has 1 aromatic carbocycles. The molecular formula is C13H16N2O4. The number of carbonyl (C=O) groups excluding carboxylic acids is 1. The number of anilines is 1. The van der Waals surface area contributed by atoms with Crippen LogP contribution >= 0.6 is 0 Å². The summed E-state index contributed by atoms with van der Waals surface area (Å²) in [5.41, 5.74) is 2.27. The number of fused-ring (bicyclic) bond motifs is 1. The highest BCUT2D eigenvalue weighted by molar-refractivity contribution is 5.99. The summed E-state index contributed by atoms with van der Waals surface area (Å²) in [6.07, 6.45) is 1.71. The molecule has 0 unspecified atom stereocenters. The van der Waals surface area contributed by atoms with Crippen LogP contribution in [0.4, 0.5) is 5.69 Å². The summed E-state index contributed by atoms with van der Waals surface area (Å²) in [6.45, 7) is 0.237. The molecule has 6 heteroatoms. The normalized spacial score (nSPS) is 15.0. The molecule has 6 nitrogen and oxygen atoms in total. The van der Waals surface area contributed by atoms with Crippen LogP contribution in [0, 0.1) is 0 Å². The molecule has 1 heterocycles. The van der Waals surface area contributed by atoms with Gasteiger partial charge in [-0.2, -0.15) is 0 Å². The van der Waals surface area contributed by atoms with Gasteiger partial charge < -0.3 is 20.8 Å². The van der Waals surface area contributed by atoms with E-state index in [1.54, 1.807) is 12.1 Å². The molecule has 19 heavy (non-hydrogen) atoms. The first-order valence-corrected chi connectivity index (χ1v) is 6.13. The minimum absolute atomic E-state index is 0.462. The number of rotatable bonds is 4. The molecule has 0 saturated carbocycles. The summed E-state index contributed by atoms with van der Waals surface area (Å²) in [4.78, 5) is 22.9. The fourth-order valence-corrected chi connectivity index (χ4v) is 2.14. The van der Waals surface area contributed by atoms with Crippen molar-refractivity contribution in [1.82, 2.24) is 5.32 Å². The average Bonchev–Trinajstić information content (AvgIpc) is 2.43. The van der Waals surface area contributed by atoms with Crippen LogP contribution in [0.25, 0.3) is 0 Å². The standard InChI is InChI=1S/C13H16N2O4/c16-7-11(13(18)19)15-12(17)9-3-1-5-10-8(9)4-2-6-14-10/h1,3,5,11,14,16H,2,4,6-7H2,(H,15,17)(H,18,19)/t11-/m0/s1. The summed E-state index contributed by atoms with van der Waals surface area (Å²) < 4.78 is 0. The van der Waals surface area contributed by atoms with Gasteiger partial charge in [-0.1, -0.05) is 6.07 Å². The van der Waals surface area contributed by atoms with Crippen molar-refractivity contribution in [3.05, 3.63) is 29.3 Å². The Morgan fingerprint density at radius 1 is 1.42 bits per heavy atom. The Morgan fingerprint density at radius 2 is 2.21 bits per heavy atom. The monoisotopic (exact) mass is 264 g/mol. The molecule has 1 amide bonds. The second kappa shape index (κ2) is 5.71. The summed E-state index contributed by atoms with van der Waals surface area (Å²) in [5.74, 6) is -1.72. The summed E-state index contributed by atoms with van der Waals surface area (Å²) in [7, 11) is 0. The third kappa shape index (κ3) is 2.85. The van der Waals surface area contributed by atoms with E-state index in [2.05, 4.69) is 10.6 Å². The Kier molecular flexibility index (Phi) is 4.01. The van der Waals surface area contributed by atoms with Gasteiger partial charge in [0.1, 0.15) is 0 Å². The molecule has 1 aliphatic rings. The molecule has 0 bridgehead atoms. The smallest absolute Gasteiger partial charge is 0.328 e. The zero-order chi connectivity index (χ0) is 13.8. The van der Waals surface area contributed by atoms with Crippen LogP contribution in [0.2, 0.25) is 0 Å². The number of benzene rings is 1. The fourth-order valence-electron chi connectivity index (χ4n) is 2.14. The third-order valence-electron chi connectivity index (χ3n) is 3.13. The predicted octanol–water partition coefficient (Wildman–Crippen LogP) is 0.220. The highest BCUT2D eigenvalue weighted by atomic mass is 16.4. The molecule has 1 aromatic rings. The zero-order valence-corrected chi connectivity index (χ0v) is 10.3. The first-order valence-electron chi connectivity index (χ1n) is 6.13. The number of carboxylic acids is 1. The van der Waals surface area contributed by atoms with Crippen molar-refractivity contribution in [3.63, 3.8) is 0 Å². The minimum Gasteiger partial charge on any atom is -0.480 e. The Balaban J connectivity index is 2.22. The van der Waals surface area contributed by atoms with E-state index in [1.807, 2.05) is 6.07 Å². The van der Waals surface area contributed by atoms with Gasteiger partial charge in [0, 0.05) is 17.8 Å². The van der Waals surface area contributed by atoms with Gasteiger partial charge in [-0.3, -0.25) is 4.79 Å². The lowest BCUT2D eigenvalue weighted by Gasteiger charge is -2.21. The predicted molar refractivity (Wildman–Crippen MR) is 69.2 cm³/mol. The molecule has 2 rings (SSSR count). The number of carbonyl (C=O) groups is 2. The molecule has 0 aliphatic carbocycles. The van der Waals surface area contributed by atoms with E-state index in [0.29, 0.717) is 5.56 Å². The number of hydrogen-bond donors (Lipinski definition) is 4. The van der Waals surface area contributed by atoms with E-state index >= 15 is 0 Å². The van der Waals surface area contributed by atoms with Crippen LogP contribution in [0.5, 0.6) is 0 Å². The lowest BCUT2D eigenvalue weighted by Crippen LogP contribution is -2.43. The number of aliphatic hydroxyl groups excluding tert-OH is 1. The lowest BCUT2D eigenvalue weighted by atomic mass is 9.97.